The fourth-order valence-corrected chi connectivity index (χ4v) is 2.09. The number of amides is 1. The lowest BCUT2D eigenvalue weighted by molar-refractivity contribution is 0.0949. The molecule has 1 amide bonds. The van der Waals surface area contributed by atoms with Gasteiger partial charge in [-0.1, -0.05) is 13.8 Å². The molecule has 2 rings (SSSR count). The number of likely N-dealkylation sites (N-methyl/N-ethyl adjacent to an activating group) is 1. The maximum absolute atomic E-state index is 12.2. The Bertz CT molecular complexity index is 441. The zero-order valence-electron chi connectivity index (χ0n) is 12.4. The highest BCUT2D eigenvalue weighted by Crippen LogP contribution is 2.25. The quantitative estimate of drug-likeness (QED) is 0.759. The van der Waals surface area contributed by atoms with Crippen LogP contribution >= 0.6 is 0 Å². The van der Waals surface area contributed by atoms with Crippen molar-refractivity contribution in [2.24, 2.45) is 0 Å². The van der Waals surface area contributed by atoms with E-state index in [1.54, 1.807) is 12.3 Å². The highest BCUT2D eigenvalue weighted by molar-refractivity contribution is 5.98. The molecule has 1 saturated carbocycles. The van der Waals surface area contributed by atoms with Crippen LogP contribution in [-0.2, 0) is 0 Å². The van der Waals surface area contributed by atoms with Crippen molar-refractivity contribution in [2.45, 2.75) is 32.7 Å². The van der Waals surface area contributed by atoms with Gasteiger partial charge in [-0.05, 0) is 38.1 Å². The van der Waals surface area contributed by atoms with E-state index in [0.717, 1.165) is 19.6 Å². The second-order valence-electron chi connectivity index (χ2n) is 5.10. The summed E-state index contributed by atoms with van der Waals surface area (Å²) in [5, 5.41) is 6.28. The van der Waals surface area contributed by atoms with Gasteiger partial charge < -0.3 is 15.5 Å². The molecule has 0 radical (unpaired) electrons. The molecule has 1 heterocycles. The number of anilines is 1. The molecule has 0 aliphatic heterocycles. The summed E-state index contributed by atoms with van der Waals surface area (Å²) in [5.74, 6) is 0.656. The molecular formula is C15H24N4O. The molecular weight excluding hydrogens is 252 g/mol. The van der Waals surface area contributed by atoms with E-state index < -0.39 is 0 Å². The van der Waals surface area contributed by atoms with E-state index in [2.05, 4.69) is 34.4 Å². The van der Waals surface area contributed by atoms with Crippen LogP contribution in [0.4, 0.5) is 5.82 Å². The summed E-state index contributed by atoms with van der Waals surface area (Å²) in [6.45, 7) is 7.82. The number of carbonyl (C=O) groups is 1. The molecule has 2 N–H and O–H groups in total. The molecule has 0 unspecified atom stereocenters. The monoisotopic (exact) mass is 276 g/mol. The standard InChI is InChI=1S/C15H24N4O/c1-3-19(4-2)11-10-17-15(20)13-6-5-9-16-14(13)18-12-7-8-12/h5-6,9,12H,3-4,7-8,10-11H2,1-2H3,(H,16,18)(H,17,20). The van der Waals surface area contributed by atoms with Gasteiger partial charge >= 0.3 is 0 Å². The molecule has 0 atom stereocenters. The normalized spacial score (nSPS) is 14.3. The average Bonchev–Trinajstić information content (AvgIpc) is 3.28. The number of nitrogens with zero attached hydrogens (tertiary/aromatic N) is 2. The largest absolute Gasteiger partial charge is 0.367 e. The van der Waals surface area contributed by atoms with Gasteiger partial charge in [0.15, 0.2) is 0 Å². The third-order valence-corrected chi connectivity index (χ3v) is 3.58. The van der Waals surface area contributed by atoms with Crippen molar-refractivity contribution in [2.75, 3.05) is 31.5 Å². The first-order valence-electron chi connectivity index (χ1n) is 7.46. The Hall–Kier alpha value is -1.62. The third-order valence-electron chi connectivity index (χ3n) is 3.58. The molecule has 0 aromatic carbocycles. The van der Waals surface area contributed by atoms with Gasteiger partial charge in [0.05, 0.1) is 5.56 Å². The molecule has 1 fully saturated rings. The number of nitrogens with one attached hydrogen (secondary N) is 2. The SMILES string of the molecule is CCN(CC)CCNC(=O)c1cccnc1NC1CC1. The van der Waals surface area contributed by atoms with Crippen molar-refractivity contribution in [1.29, 1.82) is 0 Å². The first-order chi connectivity index (χ1) is 9.74. The molecule has 1 aliphatic rings. The minimum Gasteiger partial charge on any atom is -0.367 e. The second-order valence-corrected chi connectivity index (χ2v) is 5.10. The number of pyridine rings is 1. The van der Waals surface area contributed by atoms with Crippen LogP contribution in [0.25, 0.3) is 0 Å². The lowest BCUT2D eigenvalue weighted by Gasteiger charge is -2.18. The predicted molar refractivity (Wildman–Crippen MR) is 81.0 cm³/mol. The topological polar surface area (TPSA) is 57.3 Å². The number of hydrogen-bond donors (Lipinski definition) is 2. The number of rotatable bonds is 8. The first-order valence-corrected chi connectivity index (χ1v) is 7.46. The van der Waals surface area contributed by atoms with Crippen molar-refractivity contribution >= 4 is 11.7 Å². The summed E-state index contributed by atoms with van der Waals surface area (Å²) < 4.78 is 0. The number of aromatic nitrogens is 1. The minimum absolute atomic E-state index is 0.0478. The summed E-state index contributed by atoms with van der Waals surface area (Å²) in [7, 11) is 0. The number of hydrogen-bond acceptors (Lipinski definition) is 4. The third kappa shape index (κ3) is 4.20. The molecule has 110 valence electrons. The summed E-state index contributed by atoms with van der Waals surface area (Å²) in [6, 6.07) is 4.12. The molecule has 20 heavy (non-hydrogen) atoms. The van der Waals surface area contributed by atoms with Crippen LogP contribution in [0.3, 0.4) is 0 Å². The van der Waals surface area contributed by atoms with Gasteiger partial charge in [0, 0.05) is 25.3 Å². The smallest absolute Gasteiger partial charge is 0.255 e. The van der Waals surface area contributed by atoms with E-state index in [9.17, 15) is 4.79 Å². The fraction of sp³-hybridized carbons (Fsp3) is 0.600. The second kappa shape index (κ2) is 7.24. The van der Waals surface area contributed by atoms with Crippen molar-refractivity contribution < 1.29 is 4.79 Å². The van der Waals surface area contributed by atoms with Gasteiger partial charge in [0.25, 0.3) is 5.91 Å². The van der Waals surface area contributed by atoms with E-state index in [1.807, 2.05) is 6.07 Å². The minimum atomic E-state index is -0.0478. The predicted octanol–water partition coefficient (Wildman–Crippen LogP) is 1.73. The van der Waals surface area contributed by atoms with Crippen LogP contribution in [-0.4, -0.2) is 48.0 Å². The summed E-state index contributed by atoms with van der Waals surface area (Å²) >= 11 is 0. The molecule has 1 aromatic heterocycles. The maximum atomic E-state index is 12.2. The van der Waals surface area contributed by atoms with Crippen LogP contribution in [0.5, 0.6) is 0 Å². The average molecular weight is 276 g/mol. The Morgan fingerprint density at radius 2 is 2.15 bits per heavy atom. The Kier molecular flexibility index (Phi) is 5.35. The molecule has 1 aromatic rings. The van der Waals surface area contributed by atoms with E-state index in [1.165, 1.54) is 12.8 Å². The Morgan fingerprint density at radius 3 is 2.80 bits per heavy atom. The van der Waals surface area contributed by atoms with Gasteiger partial charge in [0.1, 0.15) is 5.82 Å². The van der Waals surface area contributed by atoms with Crippen LogP contribution in [0.2, 0.25) is 0 Å². The summed E-state index contributed by atoms with van der Waals surface area (Å²) in [6.07, 6.45) is 4.05. The van der Waals surface area contributed by atoms with E-state index in [0.29, 0.717) is 24.0 Å². The lowest BCUT2D eigenvalue weighted by Crippen LogP contribution is -2.35. The Balaban J connectivity index is 1.88. The van der Waals surface area contributed by atoms with E-state index in [-0.39, 0.29) is 5.91 Å². The van der Waals surface area contributed by atoms with E-state index in [4.69, 9.17) is 0 Å². The van der Waals surface area contributed by atoms with Gasteiger partial charge in [-0.3, -0.25) is 4.79 Å². The molecule has 0 bridgehead atoms. The van der Waals surface area contributed by atoms with Crippen LogP contribution in [0.1, 0.15) is 37.0 Å². The molecule has 0 saturated heterocycles. The molecule has 5 nitrogen and oxygen atoms in total. The highest BCUT2D eigenvalue weighted by atomic mass is 16.1. The zero-order chi connectivity index (χ0) is 14.4. The van der Waals surface area contributed by atoms with Crippen molar-refractivity contribution in [1.82, 2.24) is 15.2 Å². The lowest BCUT2D eigenvalue weighted by atomic mass is 10.2. The molecule has 0 spiro atoms. The van der Waals surface area contributed by atoms with Crippen molar-refractivity contribution in [3.05, 3.63) is 23.9 Å². The van der Waals surface area contributed by atoms with Crippen molar-refractivity contribution in [3.8, 4) is 0 Å². The summed E-state index contributed by atoms with van der Waals surface area (Å²) in [5.41, 5.74) is 0.638. The van der Waals surface area contributed by atoms with Crippen molar-refractivity contribution in [3.63, 3.8) is 0 Å². The molecule has 5 heteroatoms. The van der Waals surface area contributed by atoms with Gasteiger partial charge in [0.2, 0.25) is 0 Å². The molecule has 1 aliphatic carbocycles. The van der Waals surface area contributed by atoms with Crippen LogP contribution in [0, 0.1) is 0 Å². The van der Waals surface area contributed by atoms with Gasteiger partial charge in [-0.15, -0.1) is 0 Å². The van der Waals surface area contributed by atoms with Crippen LogP contribution < -0.4 is 10.6 Å². The van der Waals surface area contributed by atoms with Gasteiger partial charge in [-0.25, -0.2) is 4.98 Å². The summed E-state index contributed by atoms with van der Waals surface area (Å²) in [4.78, 5) is 18.8. The van der Waals surface area contributed by atoms with E-state index >= 15 is 0 Å². The zero-order valence-corrected chi connectivity index (χ0v) is 12.4. The fourth-order valence-electron chi connectivity index (χ4n) is 2.09. The Morgan fingerprint density at radius 1 is 1.40 bits per heavy atom. The Labute approximate surface area is 120 Å². The maximum Gasteiger partial charge on any atom is 0.255 e. The van der Waals surface area contributed by atoms with Crippen LogP contribution in [0.15, 0.2) is 18.3 Å². The number of carbonyl (C=O) groups excluding carboxylic acids is 1. The highest BCUT2D eigenvalue weighted by Gasteiger charge is 2.23. The van der Waals surface area contributed by atoms with Gasteiger partial charge in [-0.2, -0.15) is 0 Å². The first kappa shape index (κ1) is 14.8.